The molecule has 1 aromatic heterocycles. The highest BCUT2D eigenvalue weighted by Crippen LogP contribution is 2.25. The Kier molecular flexibility index (Phi) is 3.98. The van der Waals surface area contributed by atoms with E-state index in [4.69, 9.17) is 0 Å². The number of thioether (sulfide) groups is 1. The lowest BCUT2D eigenvalue weighted by Gasteiger charge is -2.21. The van der Waals surface area contributed by atoms with Gasteiger partial charge >= 0.3 is 0 Å². The van der Waals surface area contributed by atoms with Crippen molar-refractivity contribution in [3.8, 4) is 0 Å². The van der Waals surface area contributed by atoms with Gasteiger partial charge in [-0.15, -0.1) is 0 Å². The molecule has 0 bridgehead atoms. The number of aromatic nitrogens is 1. The number of hydrogen-bond acceptors (Lipinski definition) is 3. The molecule has 2 heterocycles. The maximum atomic E-state index is 13.2. The van der Waals surface area contributed by atoms with Crippen LogP contribution >= 0.6 is 11.8 Å². The molecule has 1 aliphatic rings. The number of nitrogens with one attached hydrogen (secondary N) is 1. The molecular formula is C11H14F2N2S. The fourth-order valence-electron chi connectivity index (χ4n) is 1.72. The minimum absolute atomic E-state index is 0.146. The van der Waals surface area contributed by atoms with E-state index in [0.717, 1.165) is 18.7 Å². The van der Waals surface area contributed by atoms with Crippen molar-refractivity contribution >= 4 is 17.6 Å². The topological polar surface area (TPSA) is 24.9 Å². The molecule has 1 N–H and O–H groups in total. The van der Waals surface area contributed by atoms with Crippen molar-refractivity contribution in [3.63, 3.8) is 0 Å². The van der Waals surface area contributed by atoms with Gasteiger partial charge in [0.15, 0.2) is 11.6 Å². The number of rotatable bonds is 3. The molecule has 5 heteroatoms. The van der Waals surface area contributed by atoms with Crippen molar-refractivity contribution in [1.82, 2.24) is 4.98 Å². The monoisotopic (exact) mass is 244 g/mol. The minimum atomic E-state index is -0.643. The van der Waals surface area contributed by atoms with Gasteiger partial charge in [-0.3, -0.25) is 0 Å². The number of halogens is 2. The molecule has 1 atom stereocenters. The SMILES string of the molecule is Fc1cnc(NCC2CCCCS2)c(F)c1. The van der Waals surface area contributed by atoms with Crippen LogP contribution in [0.15, 0.2) is 12.3 Å². The summed E-state index contributed by atoms with van der Waals surface area (Å²) < 4.78 is 25.8. The van der Waals surface area contributed by atoms with Gasteiger partial charge in [0.2, 0.25) is 0 Å². The molecule has 0 spiro atoms. The largest absolute Gasteiger partial charge is 0.367 e. The quantitative estimate of drug-likeness (QED) is 0.884. The molecule has 1 saturated heterocycles. The van der Waals surface area contributed by atoms with E-state index in [1.807, 2.05) is 11.8 Å². The van der Waals surface area contributed by atoms with Gasteiger partial charge in [0.1, 0.15) is 5.82 Å². The van der Waals surface area contributed by atoms with Crippen LogP contribution in [0.2, 0.25) is 0 Å². The van der Waals surface area contributed by atoms with Gasteiger partial charge < -0.3 is 5.32 Å². The van der Waals surface area contributed by atoms with Crippen molar-refractivity contribution in [1.29, 1.82) is 0 Å². The third kappa shape index (κ3) is 3.07. The highest BCUT2D eigenvalue weighted by atomic mass is 32.2. The summed E-state index contributed by atoms with van der Waals surface area (Å²) in [7, 11) is 0. The van der Waals surface area contributed by atoms with Crippen LogP contribution in [0.5, 0.6) is 0 Å². The number of nitrogens with zero attached hydrogens (tertiary/aromatic N) is 1. The number of hydrogen-bond donors (Lipinski definition) is 1. The Morgan fingerprint density at radius 1 is 1.44 bits per heavy atom. The Balaban J connectivity index is 1.88. The molecule has 2 rings (SSSR count). The number of anilines is 1. The van der Waals surface area contributed by atoms with Crippen LogP contribution in [0.3, 0.4) is 0 Å². The highest BCUT2D eigenvalue weighted by Gasteiger charge is 2.14. The van der Waals surface area contributed by atoms with Crippen LogP contribution < -0.4 is 5.32 Å². The van der Waals surface area contributed by atoms with Crippen LogP contribution in [0.4, 0.5) is 14.6 Å². The second-order valence-electron chi connectivity index (χ2n) is 3.85. The number of pyridine rings is 1. The standard InChI is InChI=1S/C11H14F2N2S/c12-8-5-10(13)11(14-6-8)15-7-9-3-1-2-4-16-9/h5-6,9H,1-4,7H2,(H,14,15). The summed E-state index contributed by atoms with van der Waals surface area (Å²) >= 11 is 1.90. The second-order valence-corrected chi connectivity index (χ2v) is 5.26. The van der Waals surface area contributed by atoms with Crippen molar-refractivity contribution < 1.29 is 8.78 Å². The molecule has 0 saturated carbocycles. The van der Waals surface area contributed by atoms with Gasteiger partial charge in [0.05, 0.1) is 6.20 Å². The van der Waals surface area contributed by atoms with Crippen LogP contribution in [0, 0.1) is 11.6 Å². The Morgan fingerprint density at radius 3 is 3.00 bits per heavy atom. The van der Waals surface area contributed by atoms with E-state index >= 15 is 0 Å². The van der Waals surface area contributed by atoms with Crippen LogP contribution in [0.1, 0.15) is 19.3 Å². The van der Waals surface area contributed by atoms with Gasteiger partial charge in [-0.25, -0.2) is 13.8 Å². The van der Waals surface area contributed by atoms with E-state index < -0.39 is 11.6 Å². The molecule has 88 valence electrons. The first-order chi connectivity index (χ1) is 7.75. The smallest absolute Gasteiger partial charge is 0.168 e. The summed E-state index contributed by atoms with van der Waals surface area (Å²) in [6.45, 7) is 0.695. The third-order valence-corrected chi connectivity index (χ3v) is 3.98. The van der Waals surface area contributed by atoms with E-state index in [2.05, 4.69) is 10.3 Å². The summed E-state index contributed by atoms with van der Waals surface area (Å²) in [5, 5.41) is 3.45. The van der Waals surface area contributed by atoms with Gasteiger partial charge in [-0.2, -0.15) is 11.8 Å². The lowest BCUT2D eigenvalue weighted by Crippen LogP contribution is -2.21. The third-order valence-electron chi connectivity index (χ3n) is 2.58. The van der Waals surface area contributed by atoms with Crippen molar-refractivity contribution in [2.24, 2.45) is 0 Å². The maximum absolute atomic E-state index is 13.2. The Labute approximate surface area is 97.8 Å². The van der Waals surface area contributed by atoms with E-state index in [1.165, 1.54) is 18.6 Å². The first-order valence-corrected chi connectivity index (χ1v) is 6.47. The van der Waals surface area contributed by atoms with E-state index in [9.17, 15) is 8.78 Å². The van der Waals surface area contributed by atoms with Crippen molar-refractivity contribution in [3.05, 3.63) is 23.9 Å². The predicted molar refractivity (Wildman–Crippen MR) is 62.7 cm³/mol. The molecule has 1 fully saturated rings. The zero-order chi connectivity index (χ0) is 11.4. The minimum Gasteiger partial charge on any atom is -0.367 e. The molecule has 2 nitrogen and oxygen atoms in total. The summed E-state index contributed by atoms with van der Waals surface area (Å²) in [5.41, 5.74) is 0. The zero-order valence-corrected chi connectivity index (χ0v) is 9.70. The van der Waals surface area contributed by atoms with Gasteiger partial charge in [-0.05, 0) is 18.6 Å². The molecule has 0 aromatic carbocycles. The predicted octanol–water partition coefficient (Wildman–Crippen LogP) is 3.06. The molecule has 1 aromatic rings. The van der Waals surface area contributed by atoms with Gasteiger partial charge in [0, 0.05) is 17.9 Å². The molecule has 1 aliphatic heterocycles. The molecule has 0 radical (unpaired) electrons. The van der Waals surface area contributed by atoms with E-state index in [0.29, 0.717) is 11.8 Å². The van der Waals surface area contributed by atoms with E-state index in [-0.39, 0.29) is 5.82 Å². The summed E-state index contributed by atoms with van der Waals surface area (Å²) in [4.78, 5) is 3.69. The van der Waals surface area contributed by atoms with Gasteiger partial charge in [0.25, 0.3) is 0 Å². The lowest BCUT2D eigenvalue weighted by atomic mass is 10.2. The fraction of sp³-hybridized carbons (Fsp3) is 0.545. The average Bonchev–Trinajstić information content (AvgIpc) is 2.29. The summed E-state index contributed by atoms with van der Waals surface area (Å²) in [5.74, 6) is 0.0505. The fourth-order valence-corrected chi connectivity index (χ4v) is 2.96. The lowest BCUT2D eigenvalue weighted by molar-refractivity contribution is 0.574. The first kappa shape index (κ1) is 11.6. The van der Waals surface area contributed by atoms with Gasteiger partial charge in [-0.1, -0.05) is 6.42 Å². The highest BCUT2D eigenvalue weighted by molar-refractivity contribution is 7.99. The first-order valence-electron chi connectivity index (χ1n) is 5.42. The molecular weight excluding hydrogens is 230 g/mol. The molecule has 0 amide bonds. The van der Waals surface area contributed by atoms with Crippen molar-refractivity contribution in [2.75, 3.05) is 17.6 Å². The summed E-state index contributed by atoms with van der Waals surface area (Å²) in [6.07, 6.45) is 4.68. The second kappa shape index (κ2) is 5.48. The summed E-state index contributed by atoms with van der Waals surface area (Å²) in [6, 6.07) is 0.851. The van der Waals surface area contributed by atoms with Crippen LogP contribution in [-0.4, -0.2) is 22.5 Å². The molecule has 0 aliphatic carbocycles. The Morgan fingerprint density at radius 2 is 2.31 bits per heavy atom. The van der Waals surface area contributed by atoms with E-state index in [1.54, 1.807) is 0 Å². The normalized spacial score (nSPS) is 20.8. The van der Waals surface area contributed by atoms with Crippen LogP contribution in [0.25, 0.3) is 0 Å². The van der Waals surface area contributed by atoms with Crippen molar-refractivity contribution in [2.45, 2.75) is 24.5 Å². The zero-order valence-electron chi connectivity index (χ0n) is 8.88. The Hall–Kier alpha value is -0.840. The van der Waals surface area contributed by atoms with Crippen LogP contribution in [-0.2, 0) is 0 Å². The molecule has 16 heavy (non-hydrogen) atoms. The maximum Gasteiger partial charge on any atom is 0.168 e. The molecule has 1 unspecified atom stereocenters. The Bertz CT molecular complexity index is 354. The average molecular weight is 244 g/mol.